The maximum absolute atomic E-state index is 11.0. The van der Waals surface area contributed by atoms with E-state index in [2.05, 4.69) is 4.98 Å². The number of thiophene rings is 1. The molecule has 0 aliphatic carbocycles. The molecule has 0 saturated carbocycles. The van der Waals surface area contributed by atoms with Crippen LogP contribution in [0.25, 0.3) is 10.4 Å². The maximum Gasteiger partial charge on any atom is 0.336 e. The van der Waals surface area contributed by atoms with Crippen LogP contribution >= 0.6 is 11.3 Å². The number of carbonyl (C=O) groups is 1. The summed E-state index contributed by atoms with van der Waals surface area (Å²) in [6.07, 6.45) is 3.10. The summed E-state index contributed by atoms with van der Waals surface area (Å²) in [6, 6.07) is 3.50. The molecular weight excluding hydrogens is 210 g/mol. The fourth-order valence-electron chi connectivity index (χ4n) is 1.41. The molecule has 2 aromatic rings. The van der Waals surface area contributed by atoms with Crippen LogP contribution in [0.1, 0.15) is 15.9 Å². The normalized spacial score (nSPS) is 10.2. The molecule has 0 atom stereocenters. The van der Waals surface area contributed by atoms with Crippen LogP contribution in [0, 0.1) is 6.92 Å². The summed E-state index contributed by atoms with van der Waals surface area (Å²) in [5.74, 6) is -0.916. The van der Waals surface area contributed by atoms with Gasteiger partial charge in [-0.1, -0.05) is 0 Å². The molecule has 76 valence electrons. The Morgan fingerprint density at radius 3 is 2.87 bits per heavy atom. The molecular formula is C11H9NO2S. The Morgan fingerprint density at radius 1 is 1.47 bits per heavy atom. The fraction of sp³-hybridized carbons (Fsp3) is 0.0909. The highest BCUT2D eigenvalue weighted by atomic mass is 32.1. The zero-order valence-electron chi connectivity index (χ0n) is 8.10. The lowest BCUT2D eigenvalue weighted by atomic mass is 10.1. The Balaban J connectivity index is 2.63. The Hall–Kier alpha value is -1.68. The first-order chi connectivity index (χ1) is 7.20. The van der Waals surface area contributed by atoms with Crippen molar-refractivity contribution in [3.05, 3.63) is 41.0 Å². The number of pyridine rings is 1. The van der Waals surface area contributed by atoms with Gasteiger partial charge < -0.3 is 5.11 Å². The van der Waals surface area contributed by atoms with E-state index >= 15 is 0 Å². The van der Waals surface area contributed by atoms with Crippen molar-refractivity contribution in [2.75, 3.05) is 0 Å². The zero-order chi connectivity index (χ0) is 10.8. The maximum atomic E-state index is 11.0. The number of aromatic nitrogens is 1. The number of aryl methyl sites for hydroxylation is 1. The monoisotopic (exact) mass is 219 g/mol. The minimum atomic E-state index is -0.916. The highest BCUT2D eigenvalue weighted by Crippen LogP contribution is 2.30. The first-order valence-corrected chi connectivity index (χ1v) is 5.30. The molecule has 0 amide bonds. The van der Waals surface area contributed by atoms with Gasteiger partial charge in [0.15, 0.2) is 0 Å². The quantitative estimate of drug-likeness (QED) is 0.844. The van der Waals surface area contributed by atoms with E-state index in [4.69, 9.17) is 5.11 Å². The molecule has 3 nitrogen and oxygen atoms in total. The third-order valence-corrected chi connectivity index (χ3v) is 3.21. The van der Waals surface area contributed by atoms with E-state index in [-0.39, 0.29) is 0 Å². The van der Waals surface area contributed by atoms with E-state index in [9.17, 15) is 4.79 Å². The predicted octanol–water partition coefficient (Wildman–Crippen LogP) is 2.82. The molecule has 0 spiro atoms. The fourth-order valence-corrected chi connectivity index (χ4v) is 2.36. The Kier molecular flexibility index (Phi) is 2.51. The summed E-state index contributed by atoms with van der Waals surface area (Å²) in [5.41, 5.74) is 2.07. The molecule has 15 heavy (non-hydrogen) atoms. The van der Waals surface area contributed by atoms with Gasteiger partial charge in [-0.25, -0.2) is 4.79 Å². The number of hydrogen-bond donors (Lipinski definition) is 1. The minimum Gasteiger partial charge on any atom is -0.478 e. The highest BCUT2D eigenvalue weighted by molar-refractivity contribution is 7.13. The molecule has 0 fully saturated rings. The van der Waals surface area contributed by atoms with Crippen molar-refractivity contribution in [2.45, 2.75) is 6.92 Å². The van der Waals surface area contributed by atoms with Gasteiger partial charge in [0.25, 0.3) is 0 Å². The van der Waals surface area contributed by atoms with E-state index < -0.39 is 5.97 Å². The van der Waals surface area contributed by atoms with Crippen LogP contribution in [0.15, 0.2) is 29.9 Å². The van der Waals surface area contributed by atoms with Crippen LogP contribution in [0.2, 0.25) is 0 Å². The summed E-state index contributed by atoms with van der Waals surface area (Å²) in [7, 11) is 0. The molecule has 4 heteroatoms. The second-order valence-electron chi connectivity index (χ2n) is 3.16. The van der Waals surface area contributed by atoms with Gasteiger partial charge in [-0.05, 0) is 30.0 Å². The van der Waals surface area contributed by atoms with E-state index in [1.54, 1.807) is 6.20 Å². The van der Waals surface area contributed by atoms with E-state index in [0.29, 0.717) is 11.1 Å². The molecule has 0 radical (unpaired) electrons. The Labute approximate surface area is 91.0 Å². The Morgan fingerprint density at radius 2 is 2.27 bits per heavy atom. The molecule has 0 aliphatic rings. The number of carboxylic acids is 1. The van der Waals surface area contributed by atoms with Gasteiger partial charge in [0.1, 0.15) is 0 Å². The smallest absolute Gasteiger partial charge is 0.336 e. The number of carboxylic acid groups (broad SMARTS) is 1. The first kappa shape index (κ1) is 9.86. The van der Waals surface area contributed by atoms with Crippen molar-refractivity contribution in [3.8, 4) is 10.4 Å². The third-order valence-electron chi connectivity index (χ3n) is 2.16. The largest absolute Gasteiger partial charge is 0.478 e. The van der Waals surface area contributed by atoms with E-state index in [1.807, 2.05) is 18.4 Å². The summed E-state index contributed by atoms with van der Waals surface area (Å²) < 4.78 is 0. The van der Waals surface area contributed by atoms with Gasteiger partial charge in [0, 0.05) is 22.8 Å². The predicted molar refractivity (Wildman–Crippen MR) is 59.2 cm³/mol. The SMILES string of the molecule is Cc1ccsc1-c1cnccc1C(=O)O. The van der Waals surface area contributed by atoms with Gasteiger partial charge >= 0.3 is 5.97 Å². The van der Waals surface area contributed by atoms with Crippen LogP contribution in [-0.2, 0) is 0 Å². The molecule has 0 bridgehead atoms. The van der Waals surface area contributed by atoms with Gasteiger partial charge in [-0.3, -0.25) is 4.98 Å². The van der Waals surface area contributed by atoms with Crippen LogP contribution in [0.3, 0.4) is 0 Å². The van der Waals surface area contributed by atoms with Crippen LogP contribution in [0.5, 0.6) is 0 Å². The van der Waals surface area contributed by atoms with E-state index in [0.717, 1.165) is 10.4 Å². The first-order valence-electron chi connectivity index (χ1n) is 4.42. The van der Waals surface area contributed by atoms with Crippen molar-refractivity contribution in [1.29, 1.82) is 0 Å². The standard InChI is InChI=1S/C11H9NO2S/c1-7-3-5-15-10(7)9-6-12-4-2-8(9)11(13)14/h2-6H,1H3,(H,13,14). The molecule has 0 aliphatic heterocycles. The molecule has 0 unspecified atom stereocenters. The molecule has 2 heterocycles. The zero-order valence-corrected chi connectivity index (χ0v) is 8.91. The van der Waals surface area contributed by atoms with Crippen molar-refractivity contribution < 1.29 is 9.90 Å². The van der Waals surface area contributed by atoms with Crippen molar-refractivity contribution in [2.24, 2.45) is 0 Å². The highest BCUT2D eigenvalue weighted by Gasteiger charge is 2.13. The van der Waals surface area contributed by atoms with Gasteiger partial charge in [0.2, 0.25) is 0 Å². The number of nitrogens with zero attached hydrogens (tertiary/aromatic N) is 1. The summed E-state index contributed by atoms with van der Waals surface area (Å²) >= 11 is 1.53. The van der Waals surface area contributed by atoms with Gasteiger partial charge in [0.05, 0.1) is 5.56 Å². The average molecular weight is 219 g/mol. The van der Waals surface area contributed by atoms with Crippen molar-refractivity contribution >= 4 is 17.3 Å². The van der Waals surface area contributed by atoms with Crippen LogP contribution in [0.4, 0.5) is 0 Å². The van der Waals surface area contributed by atoms with Crippen LogP contribution < -0.4 is 0 Å². The number of rotatable bonds is 2. The lowest BCUT2D eigenvalue weighted by Crippen LogP contribution is -1.99. The van der Waals surface area contributed by atoms with Crippen molar-refractivity contribution in [3.63, 3.8) is 0 Å². The van der Waals surface area contributed by atoms with Crippen LogP contribution in [-0.4, -0.2) is 16.1 Å². The average Bonchev–Trinajstić information content (AvgIpc) is 2.64. The summed E-state index contributed by atoms with van der Waals surface area (Å²) in [5, 5.41) is 11.0. The third kappa shape index (κ3) is 1.76. The molecule has 2 aromatic heterocycles. The second-order valence-corrected chi connectivity index (χ2v) is 4.08. The summed E-state index contributed by atoms with van der Waals surface area (Å²) in [6.45, 7) is 1.96. The number of aromatic carboxylic acids is 1. The molecule has 1 N–H and O–H groups in total. The molecule has 0 saturated heterocycles. The van der Waals surface area contributed by atoms with Gasteiger partial charge in [-0.2, -0.15) is 0 Å². The van der Waals surface area contributed by atoms with Crippen molar-refractivity contribution in [1.82, 2.24) is 4.98 Å². The molecule has 0 aromatic carbocycles. The summed E-state index contributed by atoms with van der Waals surface area (Å²) in [4.78, 5) is 15.9. The molecule has 2 rings (SSSR count). The van der Waals surface area contributed by atoms with E-state index in [1.165, 1.54) is 23.6 Å². The van der Waals surface area contributed by atoms with Gasteiger partial charge in [-0.15, -0.1) is 11.3 Å². The number of hydrogen-bond acceptors (Lipinski definition) is 3. The minimum absolute atomic E-state index is 0.301. The Bertz CT molecular complexity index is 505. The topological polar surface area (TPSA) is 50.2 Å². The lowest BCUT2D eigenvalue weighted by molar-refractivity contribution is 0.0697. The second kappa shape index (κ2) is 3.82. The lowest BCUT2D eigenvalue weighted by Gasteiger charge is -2.03.